The first-order chi connectivity index (χ1) is 11.0. The van der Waals surface area contributed by atoms with Crippen LogP contribution in [0.3, 0.4) is 0 Å². The van der Waals surface area contributed by atoms with Crippen molar-refractivity contribution in [1.29, 1.82) is 0 Å². The van der Waals surface area contributed by atoms with E-state index in [-0.39, 0.29) is 18.3 Å². The van der Waals surface area contributed by atoms with Gasteiger partial charge in [-0.3, -0.25) is 4.84 Å². The Morgan fingerprint density at radius 1 is 1.00 bits per heavy atom. The lowest BCUT2D eigenvalue weighted by molar-refractivity contribution is -0.178. The largest absolute Gasteiger partial charge is 0.376 e. The standard InChI is InChI=1S/C17H28INO4/c1-14(2)20-11-17(13-22-19(3)4)23-16(12-21-18)10-15-8-6-5-7-9-15/h5-9,14,16-17H,10-13H2,1-4H3. The molecule has 0 heterocycles. The van der Waals surface area contributed by atoms with E-state index in [1.54, 1.807) is 5.06 Å². The van der Waals surface area contributed by atoms with E-state index in [9.17, 15) is 0 Å². The lowest BCUT2D eigenvalue weighted by Gasteiger charge is -2.26. The number of hydroxylamine groups is 2. The molecule has 0 fully saturated rings. The van der Waals surface area contributed by atoms with Crippen LogP contribution in [0.1, 0.15) is 19.4 Å². The van der Waals surface area contributed by atoms with E-state index < -0.39 is 0 Å². The van der Waals surface area contributed by atoms with Crippen molar-refractivity contribution >= 4 is 23.0 Å². The molecule has 132 valence electrons. The van der Waals surface area contributed by atoms with Gasteiger partial charge in [-0.15, -0.1) is 0 Å². The van der Waals surface area contributed by atoms with Gasteiger partial charge in [-0.25, -0.2) is 0 Å². The maximum atomic E-state index is 6.19. The van der Waals surface area contributed by atoms with Gasteiger partial charge in [0.1, 0.15) is 29.1 Å². The number of nitrogens with zero attached hydrogens (tertiary/aromatic N) is 1. The highest BCUT2D eigenvalue weighted by molar-refractivity contribution is 14.1. The summed E-state index contributed by atoms with van der Waals surface area (Å²) in [6.07, 6.45) is 0.777. The first-order valence-corrected chi connectivity index (χ1v) is 8.74. The van der Waals surface area contributed by atoms with Crippen molar-refractivity contribution in [3.63, 3.8) is 0 Å². The predicted molar refractivity (Wildman–Crippen MR) is 99.5 cm³/mol. The average Bonchev–Trinajstić information content (AvgIpc) is 2.51. The van der Waals surface area contributed by atoms with Crippen LogP contribution in [0.25, 0.3) is 0 Å². The van der Waals surface area contributed by atoms with E-state index in [0.29, 0.717) is 19.8 Å². The third-order valence-electron chi connectivity index (χ3n) is 3.07. The number of hydrogen-bond acceptors (Lipinski definition) is 5. The Hall–Kier alpha value is -0.250. The summed E-state index contributed by atoms with van der Waals surface area (Å²) >= 11 is 1.91. The fraction of sp³-hybridized carbons (Fsp3) is 0.647. The van der Waals surface area contributed by atoms with Crippen molar-refractivity contribution in [2.24, 2.45) is 0 Å². The van der Waals surface area contributed by atoms with Crippen molar-refractivity contribution < 1.29 is 17.4 Å². The van der Waals surface area contributed by atoms with Gasteiger partial charge in [0, 0.05) is 20.5 Å². The highest BCUT2D eigenvalue weighted by atomic mass is 127. The topological polar surface area (TPSA) is 40.2 Å². The molecule has 1 aromatic rings. The van der Waals surface area contributed by atoms with Gasteiger partial charge >= 0.3 is 0 Å². The Morgan fingerprint density at radius 2 is 1.70 bits per heavy atom. The second kappa shape index (κ2) is 12.2. The molecule has 0 aliphatic heterocycles. The molecule has 1 aromatic carbocycles. The number of rotatable bonds is 12. The molecular weight excluding hydrogens is 409 g/mol. The summed E-state index contributed by atoms with van der Waals surface area (Å²) in [6, 6.07) is 10.3. The molecule has 0 radical (unpaired) electrons. The summed E-state index contributed by atoms with van der Waals surface area (Å²) in [5.74, 6) is 0. The number of ether oxygens (including phenoxy) is 2. The molecule has 0 aliphatic carbocycles. The van der Waals surface area contributed by atoms with Crippen LogP contribution >= 0.6 is 23.0 Å². The summed E-state index contributed by atoms with van der Waals surface area (Å²) < 4.78 is 17.2. The highest BCUT2D eigenvalue weighted by Crippen LogP contribution is 2.11. The fourth-order valence-electron chi connectivity index (χ4n) is 2.02. The van der Waals surface area contributed by atoms with Crippen LogP contribution in [0, 0.1) is 0 Å². The van der Waals surface area contributed by atoms with Gasteiger partial charge in [0.2, 0.25) is 0 Å². The van der Waals surface area contributed by atoms with E-state index in [2.05, 4.69) is 12.1 Å². The van der Waals surface area contributed by atoms with Crippen LogP contribution in [0.5, 0.6) is 0 Å². The van der Waals surface area contributed by atoms with Gasteiger partial charge < -0.3 is 12.5 Å². The zero-order valence-corrected chi connectivity index (χ0v) is 16.6. The van der Waals surface area contributed by atoms with E-state index in [0.717, 1.165) is 6.42 Å². The molecule has 0 saturated carbocycles. The zero-order chi connectivity index (χ0) is 17.1. The first kappa shape index (κ1) is 20.8. The van der Waals surface area contributed by atoms with Gasteiger partial charge in [0.15, 0.2) is 0 Å². The Bertz CT molecular complexity index is 391. The summed E-state index contributed by atoms with van der Waals surface area (Å²) in [5, 5.41) is 1.67. The molecule has 0 saturated heterocycles. The van der Waals surface area contributed by atoms with Crippen molar-refractivity contribution in [3.8, 4) is 0 Å². The van der Waals surface area contributed by atoms with Crippen molar-refractivity contribution in [2.45, 2.75) is 38.6 Å². The van der Waals surface area contributed by atoms with Gasteiger partial charge in [-0.2, -0.15) is 5.06 Å². The molecule has 23 heavy (non-hydrogen) atoms. The minimum absolute atomic E-state index is 0.0409. The monoisotopic (exact) mass is 437 g/mol. The smallest absolute Gasteiger partial charge is 0.109 e. The van der Waals surface area contributed by atoms with Gasteiger partial charge in [-0.05, 0) is 19.4 Å². The normalized spacial score (nSPS) is 14.4. The third kappa shape index (κ3) is 10.3. The Balaban J connectivity index is 2.61. The highest BCUT2D eigenvalue weighted by Gasteiger charge is 2.19. The molecule has 0 amide bonds. The molecule has 1 rings (SSSR count). The van der Waals surface area contributed by atoms with Crippen LogP contribution in [-0.4, -0.2) is 57.3 Å². The first-order valence-electron chi connectivity index (χ1n) is 7.86. The zero-order valence-electron chi connectivity index (χ0n) is 14.4. The molecule has 2 unspecified atom stereocenters. The summed E-state index contributed by atoms with van der Waals surface area (Å²) in [7, 11) is 3.71. The van der Waals surface area contributed by atoms with Crippen LogP contribution in [-0.2, 0) is 23.8 Å². The van der Waals surface area contributed by atoms with Gasteiger partial charge in [0.05, 0.1) is 32.0 Å². The Morgan fingerprint density at radius 3 is 2.26 bits per heavy atom. The molecule has 2 atom stereocenters. The van der Waals surface area contributed by atoms with E-state index >= 15 is 0 Å². The number of benzene rings is 1. The molecule has 0 aromatic heterocycles. The summed E-state index contributed by atoms with van der Waals surface area (Å²) in [4.78, 5) is 5.55. The number of hydrogen-bond donors (Lipinski definition) is 0. The molecule has 0 N–H and O–H groups in total. The molecule has 0 spiro atoms. The lowest BCUT2D eigenvalue weighted by Crippen LogP contribution is -2.36. The van der Waals surface area contributed by atoms with Crippen LogP contribution < -0.4 is 0 Å². The van der Waals surface area contributed by atoms with Crippen LogP contribution in [0.2, 0.25) is 0 Å². The summed E-state index contributed by atoms with van der Waals surface area (Å²) in [6.45, 7) is 5.50. The van der Waals surface area contributed by atoms with E-state index in [1.807, 2.05) is 69.1 Å². The van der Waals surface area contributed by atoms with E-state index in [1.165, 1.54) is 5.56 Å². The Labute approximate surface area is 153 Å². The number of halogens is 1. The molecule has 5 nitrogen and oxygen atoms in total. The second-order valence-electron chi connectivity index (χ2n) is 5.84. The van der Waals surface area contributed by atoms with Gasteiger partial charge in [-0.1, -0.05) is 30.3 Å². The van der Waals surface area contributed by atoms with Crippen molar-refractivity contribution in [1.82, 2.24) is 5.06 Å². The maximum Gasteiger partial charge on any atom is 0.109 e. The minimum Gasteiger partial charge on any atom is -0.376 e. The van der Waals surface area contributed by atoms with Crippen molar-refractivity contribution in [2.75, 3.05) is 33.9 Å². The lowest BCUT2D eigenvalue weighted by atomic mass is 10.1. The van der Waals surface area contributed by atoms with Crippen LogP contribution in [0.15, 0.2) is 30.3 Å². The van der Waals surface area contributed by atoms with Crippen molar-refractivity contribution in [3.05, 3.63) is 35.9 Å². The quantitative estimate of drug-likeness (QED) is 0.371. The van der Waals surface area contributed by atoms with E-state index in [4.69, 9.17) is 17.4 Å². The Kier molecular flexibility index (Phi) is 11.0. The molecular formula is C17H28INO4. The predicted octanol–water partition coefficient (Wildman–Crippen LogP) is 3.27. The maximum absolute atomic E-state index is 6.19. The van der Waals surface area contributed by atoms with Crippen LogP contribution in [0.4, 0.5) is 0 Å². The fourth-order valence-corrected chi connectivity index (χ4v) is 2.43. The SMILES string of the molecule is CC(C)OCC(CON(C)C)OC(COI)Cc1ccccc1. The second-order valence-corrected chi connectivity index (χ2v) is 6.46. The molecule has 0 bridgehead atoms. The minimum atomic E-state index is -0.139. The average molecular weight is 437 g/mol. The third-order valence-corrected chi connectivity index (χ3v) is 3.43. The molecule has 0 aliphatic rings. The molecule has 6 heteroatoms. The summed E-state index contributed by atoms with van der Waals surface area (Å²) in [5.41, 5.74) is 1.23. The van der Waals surface area contributed by atoms with Gasteiger partial charge in [0.25, 0.3) is 0 Å².